The lowest BCUT2D eigenvalue weighted by Gasteiger charge is -2.16. The molecule has 0 spiro atoms. The Balaban J connectivity index is 2.57. The number of hydrogen-bond donors (Lipinski definition) is 1. The van der Waals surface area contributed by atoms with Gasteiger partial charge in [-0.1, -0.05) is 13.0 Å². The van der Waals surface area contributed by atoms with Gasteiger partial charge < -0.3 is 10.1 Å². The first-order valence-electron chi connectivity index (χ1n) is 4.64. The normalized spacial score (nSPS) is 12.5. The van der Waals surface area contributed by atoms with Crippen LogP contribution in [-0.2, 0) is 4.74 Å². The molecule has 78 valence electrons. The average molecular weight is 198 g/mol. The first-order valence-corrected chi connectivity index (χ1v) is 4.64. The molecule has 1 heterocycles. The van der Waals surface area contributed by atoms with Crippen molar-refractivity contribution in [3.05, 3.63) is 24.1 Å². The van der Waals surface area contributed by atoms with Gasteiger partial charge in [-0.3, -0.25) is 0 Å². The minimum absolute atomic E-state index is 0.175. The van der Waals surface area contributed by atoms with Crippen LogP contribution in [0.1, 0.15) is 13.3 Å². The van der Waals surface area contributed by atoms with E-state index in [1.165, 1.54) is 6.07 Å². The molecule has 0 amide bonds. The molecule has 0 aliphatic carbocycles. The van der Waals surface area contributed by atoms with Crippen LogP contribution < -0.4 is 5.32 Å². The van der Waals surface area contributed by atoms with Crippen molar-refractivity contribution in [2.45, 2.75) is 19.4 Å². The van der Waals surface area contributed by atoms with Gasteiger partial charge in [0.15, 0.2) is 0 Å². The van der Waals surface area contributed by atoms with E-state index < -0.39 is 5.95 Å². The highest BCUT2D eigenvalue weighted by Crippen LogP contribution is 2.07. The maximum atomic E-state index is 12.7. The van der Waals surface area contributed by atoms with Gasteiger partial charge in [-0.05, 0) is 18.6 Å². The van der Waals surface area contributed by atoms with Crippen molar-refractivity contribution in [2.24, 2.45) is 0 Å². The predicted octanol–water partition coefficient (Wildman–Crippen LogP) is 2.06. The third-order valence-corrected chi connectivity index (χ3v) is 1.93. The fourth-order valence-electron chi connectivity index (χ4n) is 1.16. The molecule has 0 saturated heterocycles. The summed E-state index contributed by atoms with van der Waals surface area (Å²) in [5, 5.41) is 3.09. The van der Waals surface area contributed by atoms with Crippen LogP contribution in [0.4, 0.5) is 10.2 Å². The van der Waals surface area contributed by atoms with Gasteiger partial charge in [0.1, 0.15) is 5.82 Å². The Bertz CT molecular complexity index is 281. The molecular weight excluding hydrogens is 183 g/mol. The van der Waals surface area contributed by atoms with Gasteiger partial charge in [0.25, 0.3) is 0 Å². The summed E-state index contributed by atoms with van der Waals surface area (Å²) < 4.78 is 17.7. The highest BCUT2D eigenvalue weighted by molar-refractivity contribution is 5.34. The van der Waals surface area contributed by atoms with E-state index in [1.807, 2.05) is 6.92 Å². The molecule has 1 aromatic heterocycles. The molecule has 14 heavy (non-hydrogen) atoms. The van der Waals surface area contributed by atoms with Crippen molar-refractivity contribution in [1.29, 1.82) is 0 Å². The molecule has 0 bridgehead atoms. The first-order chi connectivity index (χ1) is 6.76. The lowest BCUT2D eigenvalue weighted by molar-refractivity contribution is 0.184. The zero-order chi connectivity index (χ0) is 10.4. The van der Waals surface area contributed by atoms with Gasteiger partial charge >= 0.3 is 0 Å². The third kappa shape index (κ3) is 3.30. The number of pyridine rings is 1. The minimum Gasteiger partial charge on any atom is -0.383 e. The second kappa shape index (κ2) is 5.54. The van der Waals surface area contributed by atoms with Crippen LogP contribution in [0.2, 0.25) is 0 Å². The molecular formula is C10H15FN2O. The van der Waals surface area contributed by atoms with Crippen molar-refractivity contribution in [3.63, 3.8) is 0 Å². The van der Waals surface area contributed by atoms with Gasteiger partial charge in [-0.2, -0.15) is 4.39 Å². The summed E-state index contributed by atoms with van der Waals surface area (Å²) in [6, 6.07) is 4.86. The summed E-state index contributed by atoms with van der Waals surface area (Å²) in [6.45, 7) is 2.63. The van der Waals surface area contributed by atoms with E-state index in [1.54, 1.807) is 19.2 Å². The van der Waals surface area contributed by atoms with Crippen molar-refractivity contribution in [3.8, 4) is 0 Å². The van der Waals surface area contributed by atoms with Crippen LogP contribution in [0.3, 0.4) is 0 Å². The first kappa shape index (κ1) is 10.9. The Kier molecular flexibility index (Phi) is 4.32. The average Bonchev–Trinajstić information content (AvgIpc) is 2.17. The molecule has 1 atom stereocenters. The number of anilines is 1. The van der Waals surface area contributed by atoms with E-state index in [0.29, 0.717) is 12.4 Å². The van der Waals surface area contributed by atoms with E-state index in [0.717, 1.165) is 6.42 Å². The van der Waals surface area contributed by atoms with Crippen molar-refractivity contribution in [2.75, 3.05) is 19.0 Å². The van der Waals surface area contributed by atoms with E-state index in [9.17, 15) is 4.39 Å². The Hall–Kier alpha value is -1.16. The van der Waals surface area contributed by atoms with Gasteiger partial charge in [-0.15, -0.1) is 0 Å². The SMILES string of the molecule is CCC(COC)Nc1cccc(F)n1. The molecule has 0 aromatic carbocycles. The van der Waals surface area contributed by atoms with Gasteiger partial charge in [0.05, 0.1) is 12.6 Å². The van der Waals surface area contributed by atoms with Crippen LogP contribution in [0.5, 0.6) is 0 Å². The van der Waals surface area contributed by atoms with Crippen molar-refractivity contribution in [1.82, 2.24) is 4.98 Å². The smallest absolute Gasteiger partial charge is 0.214 e. The molecule has 1 rings (SSSR count). The molecule has 0 aliphatic heterocycles. The maximum absolute atomic E-state index is 12.7. The van der Waals surface area contributed by atoms with Crippen LogP contribution in [0.15, 0.2) is 18.2 Å². The maximum Gasteiger partial charge on any atom is 0.214 e. The summed E-state index contributed by atoms with van der Waals surface area (Å²) in [5.74, 6) is 0.0798. The number of hydrogen-bond acceptors (Lipinski definition) is 3. The number of nitrogens with one attached hydrogen (secondary N) is 1. The summed E-state index contributed by atoms with van der Waals surface area (Å²) in [7, 11) is 1.64. The third-order valence-electron chi connectivity index (χ3n) is 1.93. The van der Waals surface area contributed by atoms with E-state index in [4.69, 9.17) is 4.74 Å². The Morgan fingerprint density at radius 1 is 1.57 bits per heavy atom. The molecule has 0 radical (unpaired) electrons. The lowest BCUT2D eigenvalue weighted by Crippen LogP contribution is -2.24. The molecule has 1 unspecified atom stereocenters. The van der Waals surface area contributed by atoms with Crippen LogP contribution in [0, 0.1) is 5.95 Å². The quantitative estimate of drug-likeness (QED) is 0.735. The summed E-state index contributed by atoms with van der Waals surface area (Å²) in [5.41, 5.74) is 0. The number of nitrogens with zero attached hydrogens (tertiary/aromatic N) is 1. The molecule has 3 nitrogen and oxygen atoms in total. The fraction of sp³-hybridized carbons (Fsp3) is 0.500. The number of ether oxygens (including phenoxy) is 1. The highest BCUT2D eigenvalue weighted by Gasteiger charge is 2.06. The van der Waals surface area contributed by atoms with Gasteiger partial charge in [0, 0.05) is 7.11 Å². The monoisotopic (exact) mass is 198 g/mol. The topological polar surface area (TPSA) is 34.1 Å². The largest absolute Gasteiger partial charge is 0.383 e. The molecule has 1 aromatic rings. The lowest BCUT2D eigenvalue weighted by atomic mass is 10.2. The molecule has 1 N–H and O–H groups in total. The van der Waals surface area contributed by atoms with E-state index in [-0.39, 0.29) is 6.04 Å². The summed E-state index contributed by atoms with van der Waals surface area (Å²) >= 11 is 0. The highest BCUT2D eigenvalue weighted by atomic mass is 19.1. The molecule has 0 saturated carbocycles. The zero-order valence-corrected chi connectivity index (χ0v) is 8.46. The van der Waals surface area contributed by atoms with Crippen LogP contribution in [0.25, 0.3) is 0 Å². The Morgan fingerprint density at radius 2 is 2.36 bits per heavy atom. The van der Waals surface area contributed by atoms with Gasteiger partial charge in [-0.25, -0.2) is 4.98 Å². The van der Waals surface area contributed by atoms with Crippen molar-refractivity contribution < 1.29 is 9.13 Å². The second-order valence-electron chi connectivity index (χ2n) is 3.05. The Labute approximate surface area is 83.3 Å². The van der Waals surface area contributed by atoms with Crippen LogP contribution in [-0.4, -0.2) is 24.7 Å². The summed E-state index contributed by atoms with van der Waals surface area (Å²) in [4.78, 5) is 3.71. The van der Waals surface area contributed by atoms with E-state index in [2.05, 4.69) is 10.3 Å². The van der Waals surface area contributed by atoms with E-state index >= 15 is 0 Å². The van der Waals surface area contributed by atoms with Crippen LogP contribution >= 0.6 is 0 Å². The fourth-order valence-corrected chi connectivity index (χ4v) is 1.16. The minimum atomic E-state index is -0.470. The van der Waals surface area contributed by atoms with Gasteiger partial charge in [0.2, 0.25) is 5.95 Å². The molecule has 0 fully saturated rings. The number of aromatic nitrogens is 1. The number of halogens is 1. The molecule has 0 aliphatic rings. The summed E-state index contributed by atoms with van der Waals surface area (Å²) in [6.07, 6.45) is 0.909. The molecule has 4 heteroatoms. The number of methoxy groups -OCH3 is 1. The zero-order valence-electron chi connectivity index (χ0n) is 8.46. The Morgan fingerprint density at radius 3 is 2.93 bits per heavy atom. The standard InChI is InChI=1S/C10H15FN2O/c1-3-8(7-14-2)12-10-6-4-5-9(11)13-10/h4-6,8H,3,7H2,1-2H3,(H,12,13). The second-order valence-corrected chi connectivity index (χ2v) is 3.05. The predicted molar refractivity (Wildman–Crippen MR) is 53.8 cm³/mol. The van der Waals surface area contributed by atoms with Crippen molar-refractivity contribution >= 4 is 5.82 Å². The number of rotatable bonds is 5.